The Morgan fingerprint density at radius 3 is 2.89 bits per heavy atom. The van der Waals surface area contributed by atoms with Crippen LogP contribution in [-0.4, -0.2) is 53.4 Å². The van der Waals surface area contributed by atoms with Crippen molar-refractivity contribution in [2.45, 2.75) is 19.1 Å². The molecular weight excluding hydrogens is 476 g/mol. The van der Waals surface area contributed by atoms with E-state index < -0.39 is 11.7 Å². The minimum Gasteiger partial charge on any atom is -0.476 e. The van der Waals surface area contributed by atoms with Gasteiger partial charge in [0.15, 0.2) is 0 Å². The van der Waals surface area contributed by atoms with E-state index in [1.807, 2.05) is 36.4 Å². The maximum atomic E-state index is 12.4. The van der Waals surface area contributed by atoms with E-state index in [0.29, 0.717) is 56.4 Å². The Morgan fingerprint density at radius 2 is 2.00 bits per heavy atom. The SMILES string of the molecule is NCCOc1cccc(-c2cccc(CNCC[C@H]3CN(c4ccc5ncc(=O)oc5n4)C(=O)O3)c2)n1. The van der Waals surface area contributed by atoms with E-state index in [2.05, 4.69) is 26.3 Å². The third-order valence-electron chi connectivity index (χ3n) is 5.77. The Labute approximate surface area is 212 Å². The Balaban J connectivity index is 1.14. The molecule has 1 atom stereocenters. The van der Waals surface area contributed by atoms with E-state index >= 15 is 0 Å². The molecule has 0 bridgehead atoms. The van der Waals surface area contributed by atoms with E-state index in [4.69, 9.17) is 19.6 Å². The van der Waals surface area contributed by atoms with Crippen molar-refractivity contribution in [3.8, 4) is 17.1 Å². The zero-order valence-electron chi connectivity index (χ0n) is 20.0. The van der Waals surface area contributed by atoms with E-state index in [1.54, 1.807) is 12.1 Å². The second kappa shape index (κ2) is 11.1. The van der Waals surface area contributed by atoms with Crippen molar-refractivity contribution in [2.24, 2.45) is 5.73 Å². The first kappa shape index (κ1) is 24.3. The fourth-order valence-electron chi connectivity index (χ4n) is 4.01. The largest absolute Gasteiger partial charge is 0.476 e. The zero-order valence-corrected chi connectivity index (χ0v) is 20.0. The van der Waals surface area contributed by atoms with Gasteiger partial charge in [-0.2, -0.15) is 4.98 Å². The average molecular weight is 503 g/mol. The fourth-order valence-corrected chi connectivity index (χ4v) is 4.01. The molecule has 1 aliphatic heterocycles. The molecule has 190 valence electrons. The van der Waals surface area contributed by atoms with Gasteiger partial charge in [0.05, 0.1) is 12.2 Å². The highest BCUT2D eigenvalue weighted by atomic mass is 16.6. The van der Waals surface area contributed by atoms with Crippen LogP contribution in [-0.2, 0) is 11.3 Å². The van der Waals surface area contributed by atoms with Gasteiger partial charge < -0.3 is 24.9 Å². The predicted octanol–water partition coefficient (Wildman–Crippen LogP) is 2.49. The Kier molecular flexibility index (Phi) is 7.33. The minimum absolute atomic E-state index is 0.0789. The number of benzene rings is 1. The number of ether oxygens (including phenoxy) is 2. The summed E-state index contributed by atoms with van der Waals surface area (Å²) >= 11 is 0. The van der Waals surface area contributed by atoms with Crippen molar-refractivity contribution < 1.29 is 18.7 Å². The van der Waals surface area contributed by atoms with Crippen LogP contribution >= 0.6 is 0 Å². The van der Waals surface area contributed by atoms with Gasteiger partial charge in [0.2, 0.25) is 5.88 Å². The van der Waals surface area contributed by atoms with E-state index in [-0.39, 0.29) is 11.8 Å². The number of amides is 1. The van der Waals surface area contributed by atoms with Crippen LogP contribution in [0.15, 0.2) is 70.0 Å². The number of pyridine rings is 2. The van der Waals surface area contributed by atoms with Gasteiger partial charge in [0, 0.05) is 24.7 Å². The van der Waals surface area contributed by atoms with Crippen LogP contribution in [0, 0.1) is 0 Å². The first-order valence-electron chi connectivity index (χ1n) is 11.9. The second-order valence-electron chi connectivity index (χ2n) is 8.45. The standard InChI is InChI=1S/C26H26N6O5/c27-10-12-35-23-6-2-5-20(30-23)18-4-1-3-17(13-18)14-28-11-9-19-16-32(26(34)36-19)22-8-7-21-25(31-22)37-24(33)15-29-21/h1-8,13,15,19,28H,9-12,14,16,27H2/t19-/m0/s1. The number of aromatic nitrogens is 3. The highest BCUT2D eigenvalue weighted by Gasteiger charge is 2.33. The van der Waals surface area contributed by atoms with E-state index in [0.717, 1.165) is 23.0 Å². The molecule has 0 spiro atoms. The second-order valence-corrected chi connectivity index (χ2v) is 8.45. The van der Waals surface area contributed by atoms with Crippen molar-refractivity contribution in [3.63, 3.8) is 0 Å². The molecule has 37 heavy (non-hydrogen) atoms. The number of cyclic esters (lactones) is 1. The Bertz CT molecular complexity index is 1460. The number of hydrogen-bond acceptors (Lipinski definition) is 10. The summed E-state index contributed by atoms with van der Waals surface area (Å²) in [5.41, 5.74) is 8.34. The van der Waals surface area contributed by atoms with Crippen LogP contribution in [0.1, 0.15) is 12.0 Å². The number of anilines is 1. The molecule has 0 unspecified atom stereocenters. The van der Waals surface area contributed by atoms with Crippen LogP contribution in [0.4, 0.5) is 10.6 Å². The number of rotatable bonds is 10. The van der Waals surface area contributed by atoms with Crippen LogP contribution in [0.25, 0.3) is 22.5 Å². The highest BCUT2D eigenvalue weighted by molar-refractivity contribution is 5.89. The third-order valence-corrected chi connectivity index (χ3v) is 5.77. The maximum absolute atomic E-state index is 12.4. The van der Waals surface area contributed by atoms with Crippen LogP contribution < -0.4 is 26.3 Å². The van der Waals surface area contributed by atoms with Gasteiger partial charge in [-0.25, -0.2) is 19.6 Å². The normalized spacial score (nSPS) is 15.2. The summed E-state index contributed by atoms with van der Waals surface area (Å²) in [6.07, 6.45) is 0.946. The number of carbonyl (C=O) groups excluding carboxylic acids is 1. The minimum atomic E-state index is -0.600. The Morgan fingerprint density at radius 1 is 1.11 bits per heavy atom. The smallest absolute Gasteiger partial charge is 0.415 e. The molecule has 1 fully saturated rings. The van der Waals surface area contributed by atoms with Gasteiger partial charge >= 0.3 is 11.7 Å². The number of nitrogens with zero attached hydrogens (tertiary/aromatic N) is 4. The molecule has 1 aliphatic rings. The van der Waals surface area contributed by atoms with Crippen molar-refractivity contribution in [1.82, 2.24) is 20.3 Å². The summed E-state index contributed by atoms with van der Waals surface area (Å²) in [7, 11) is 0. The quantitative estimate of drug-likeness (QED) is 0.310. The maximum Gasteiger partial charge on any atom is 0.415 e. The molecule has 0 aliphatic carbocycles. The average Bonchev–Trinajstić information content (AvgIpc) is 3.30. The molecule has 4 aromatic rings. The first-order chi connectivity index (χ1) is 18.1. The summed E-state index contributed by atoms with van der Waals surface area (Å²) in [6, 6.07) is 17.1. The first-order valence-corrected chi connectivity index (χ1v) is 11.9. The summed E-state index contributed by atoms with van der Waals surface area (Å²) < 4.78 is 16.1. The lowest BCUT2D eigenvalue weighted by Gasteiger charge is -2.12. The zero-order chi connectivity index (χ0) is 25.6. The topological polar surface area (TPSA) is 146 Å². The number of nitrogens with two attached hydrogens (primary N) is 1. The molecule has 1 saturated heterocycles. The number of fused-ring (bicyclic) bond motifs is 1. The molecule has 5 rings (SSSR count). The molecular formula is C26H26N6O5. The molecule has 1 amide bonds. The molecule has 3 aromatic heterocycles. The summed E-state index contributed by atoms with van der Waals surface area (Å²) in [6.45, 7) is 2.51. The molecule has 3 N–H and O–H groups in total. The molecule has 0 saturated carbocycles. The third kappa shape index (κ3) is 5.90. The van der Waals surface area contributed by atoms with Crippen molar-refractivity contribution in [1.29, 1.82) is 0 Å². The van der Waals surface area contributed by atoms with Gasteiger partial charge in [-0.1, -0.05) is 24.3 Å². The molecule has 11 nitrogen and oxygen atoms in total. The van der Waals surface area contributed by atoms with Crippen LogP contribution in [0.5, 0.6) is 5.88 Å². The monoisotopic (exact) mass is 502 g/mol. The highest BCUT2D eigenvalue weighted by Crippen LogP contribution is 2.23. The summed E-state index contributed by atoms with van der Waals surface area (Å²) in [5, 5.41) is 3.40. The van der Waals surface area contributed by atoms with Gasteiger partial charge in [0.1, 0.15) is 30.2 Å². The lowest BCUT2D eigenvalue weighted by Crippen LogP contribution is -2.26. The van der Waals surface area contributed by atoms with Crippen LogP contribution in [0.3, 0.4) is 0 Å². The lowest BCUT2D eigenvalue weighted by atomic mass is 10.1. The Hall–Kier alpha value is -4.35. The molecule has 11 heteroatoms. The van der Waals surface area contributed by atoms with Crippen molar-refractivity contribution in [3.05, 3.63) is 76.8 Å². The number of carbonyl (C=O) groups is 1. The van der Waals surface area contributed by atoms with Gasteiger partial charge in [0.25, 0.3) is 5.71 Å². The molecule has 0 radical (unpaired) electrons. The predicted molar refractivity (Wildman–Crippen MR) is 136 cm³/mol. The molecule has 4 heterocycles. The van der Waals surface area contributed by atoms with Gasteiger partial charge in [-0.3, -0.25) is 4.90 Å². The van der Waals surface area contributed by atoms with Crippen molar-refractivity contribution >= 4 is 23.1 Å². The fraction of sp³-hybridized carbons (Fsp3) is 0.269. The number of nitrogens with one attached hydrogen (secondary N) is 1. The lowest BCUT2D eigenvalue weighted by molar-refractivity contribution is 0.136. The van der Waals surface area contributed by atoms with Crippen molar-refractivity contribution in [2.75, 3.05) is 31.1 Å². The van der Waals surface area contributed by atoms with Gasteiger partial charge in [-0.05, 0) is 42.8 Å². The van der Waals surface area contributed by atoms with Gasteiger partial charge in [-0.15, -0.1) is 0 Å². The van der Waals surface area contributed by atoms with Crippen LogP contribution in [0.2, 0.25) is 0 Å². The number of hydrogen-bond donors (Lipinski definition) is 2. The molecule has 1 aromatic carbocycles. The van der Waals surface area contributed by atoms with E-state index in [9.17, 15) is 9.59 Å². The summed E-state index contributed by atoms with van der Waals surface area (Å²) in [5.74, 6) is 0.902. The summed E-state index contributed by atoms with van der Waals surface area (Å²) in [4.78, 5) is 38.0. The van der Waals surface area contributed by atoms with E-state index in [1.165, 1.54) is 4.90 Å².